The van der Waals surface area contributed by atoms with E-state index < -0.39 is 0 Å². The second-order valence-electron chi connectivity index (χ2n) is 5.78. The molecular formula is C17H27NO2. The molecule has 1 aromatic rings. The van der Waals surface area contributed by atoms with E-state index in [1.54, 1.807) is 0 Å². The van der Waals surface area contributed by atoms with Crippen LogP contribution >= 0.6 is 0 Å². The van der Waals surface area contributed by atoms with Crippen LogP contribution in [0, 0.1) is 5.92 Å². The van der Waals surface area contributed by atoms with Crippen LogP contribution in [0.3, 0.4) is 0 Å². The fourth-order valence-electron chi connectivity index (χ4n) is 2.80. The number of hydrogen-bond donors (Lipinski definition) is 1. The van der Waals surface area contributed by atoms with Crippen molar-refractivity contribution in [1.82, 2.24) is 5.32 Å². The molecule has 3 nitrogen and oxygen atoms in total. The molecule has 0 aliphatic carbocycles. The molecule has 2 rings (SSSR count). The smallest absolute Gasteiger partial charge is 0.124 e. The Labute approximate surface area is 122 Å². The standard InChI is InChI=1S/C17H27NO2/c1-4-18-16(11-14-9-10-19-12-14)15-7-5-6-8-17(15)20-13(2)3/h5-8,13-14,16,18H,4,9-12H2,1-3H3. The Hall–Kier alpha value is -1.06. The number of hydrogen-bond acceptors (Lipinski definition) is 3. The first kappa shape index (κ1) is 15.3. The minimum Gasteiger partial charge on any atom is -0.491 e. The van der Waals surface area contributed by atoms with Crippen molar-refractivity contribution in [2.24, 2.45) is 5.92 Å². The molecule has 1 aliphatic rings. The van der Waals surface area contributed by atoms with Gasteiger partial charge in [0.05, 0.1) is 6.10 Å². The van der Waals surface area contributed by atoms with E-state index in [4.69, 9.17) is 9.47 Å². The molecule has 1 aliphatic heterocycles. The van der Waals surface area contributed by atoms with Crippen molar-refractivity contribution >= 4 is 0 Å². The third kappa shape index (κ3) is 4.22. The Morgan fingerprint density at radius 1 is 1.35 bits per heavy atom. The summed E-state index contributed by atoms with van der Waals surface area (Å²) in [4.78, 5) is 0. The third-order valence-corrected chi connectivity index (χ3v) is 3.70. The number of nitrogens with one attached hydrogen (secondary N) is 1. The highest BCUT2D eigenvalue weighted by Crippen LogP contribution is 2.32. The van der Waals surface area contributed by atoms with Crippen LogP contribution in [0.1, 0.15) is 45.2 Å². The highest BCUT2D eigenvalue weighted by atomic mass is 16.5. The predicted molar refractivity (Wildman–Crippen MR) is 82.2 cm³/mol. The maximum Gasteiger partial charge on any atom is 0.124 e. The Morgan fingerprint density at radius 3 is 2.80 bits per heavy atom. The number of benzene rings is 1. The topological polar surface area (TPSA) is 30.5 Å². The second-order valence-corrected chi connectivity index (χ2v) is 5.78. The molecule has 3 heteroatoms. The van der Waals surface area contributed by atoms with Crippen molar-refractivity contribution in [3.63, 3.8) is 0 Å². The zero-order chi connectivity index (χ0) is 14.4. The monoisotopic (exact) mass is 277 g/mol. The fraction of sp³-hybridized carbons (Fsp3) is 0.647. The van der Waals surface area contributed by atoms with Crippen LogP contribution in [-0.4, -0.2) is 25.9 Å². The van der Waals surface area contributed by atoms with Crippen molar-refractivity contribution in [1.29, 1.82) is 0 Å². The van der Waals surface area contributed by atoms with Crippen LogP contribution < -0.4 is 10.1 Å². The van der Waals surface area contributed by atoms with Gasteiger partial charge in [-0.15, -0.1) is 0 Å². The second kappa shape index (κ2) is 7.65. The quantitative estimate of drug-likeness (QED) is 0.826. The minimum atomic E-state index is 0.202. The summed E-state index contributed by atoms with van der Waals surface area (Å²) in [5, 5.41) is 3.60. The molecule has 1 saturated heterocycles. The molecule has 0 aromatic heterocycles. The van der Waals surface area contributed by atoms with E-state index in [1.165, 1.54) is 12.0 Å². The fourth-order valence-corrected chi connectivity index (χ4v) is 2.80. The average molecular weight is 277 g/mol. The summed E-state index contributed by atoms with van der Waals surface area (Å²) >= 11 is 0. The van der Waals surface area contributed by atoms with Gasteiger partial charge in [0.2, 0.25) is 0 Å². The summed E-state index contributed by atoms with van der Waals surface area (Å²) in [5.41, 5.74) is 1.27. The van der Waals surface area contributed by atoms with E-state index in [9.17, 15) is 0 Å². The zero-order valence-electron chi connectivity index (χ0n) is 12.9. The molecule has 0 radical (unpaired) electrons. The van der Waals surface area contributed by atoms with Gasteiger partial charge in [0.1, 0.15) is 5.75 Å². The van der Waals surface area contributed by atoms with Gasteiger partial charge in [0.25, 0.3) is 0 Å². The SMILES string of the molecule is CCNC(CC1CCOC1)c1ccccc1OC(C)C. The van der Waals surface area contributed by atoms with Gasteiger partial charge in [0.15, 0.2) is 0 Å². The lowest BCUT2D eigenvalue weighted by atomic mass is 9.93. The molecule has 0 spiro atoms. The van der Waals surface area contributed by atoms with Crippen molar-refractivity contribution < 1.29 is 9.47 Å². The van der Waals surface area contributed by atoms with Crippen LogP contribution in [0.4, 0.5) is 0 Å². The normalized spacial score (nSPS) is 20.3. The Kier molecular flexibility index (Phi) is 5.86. The van der Waals surface area contributed by atoms with E-state index in [-0.39, 0.29) is 6.10 Å². The summed E-state index contributed by atoms with van der Waals surface area (Å²) in [7, 11) is 0. The van der Waals surface area contributed by atoms with Gasteiger partial charge in [-0.2, -0.15) is 0 Å². The molecule has 2 atom stereocenters. The average Bonchev–Trinajstić information content (AvgIpc) is 2.91. The Bertz CT molecular complexity index is 400. The van der Waals surface area contributed by atoms with Crippen LogP contribution in [0.5, 0.6) is 5.75 Å². The van der Waals surface area contributed by atoms with Crippen molar-refractivity contribution in [2.75, 3.05) is 19.8 Å². The molecule has 0 amide bonds. The van der Waals surface area contributed by atoms with E-state index in [0.29, 0.717) is 12.0 Å². The van der Waals surface area contributed by atoms with Gasteiger partial charge < -0.3 is 14.8 Å². The van der Waals surface area contributed by atoms with Crippen molar-refractivity contribution in [2.45, 2.75) is 45.8 Å². The maximum absolute atomic E-state index is 5.97. The summed E-state index contributed by atoms with van der Waals surface area (Å²) < 4.78 is 11.5. The van der Waals surface area contributed by atoms with Crippen molar-refractivity contribution in [3.8, 4) is 5.75 Å². The lowest BCUT2D eigenvalue weighted by molar-refractivity contribution is 0.181. The molecule has 1 fully saturated rings. The first-order chi connectivity index (χ1) is 9.70. The lowest BCUT2D eigenvalue weighted by Gasteiger charge is -2.24. The summed E-state index contributed by atoms with van der Waals surface area (Å²) in [6, 6.07) is 8.74. The summed E-state index contributed by atoms with van der Waals surface area (Å²) in [6.07, 6.45) is 2.50. The number of rotatable bonds is 7. The van der Waals surface area contributed by atoms with Gasteiger partial charge in [-0.25, -0.2) is 0 Å². The third-order valence-electron chi connectivity index (χ3n) is 3.70. The zero-order valence-corrected chi connectivity index (χ0v) is 12.9. The van der Waals surface area contributed by atoms with Crippen LogP contribution in [0.25, 0.3) is 0 Å². The van der Waals surface area contributed by atoms with E-state index in [0.717, 1.165) is 31.9 Å². The first-order valence-electron chi connectivity index (χ1n) is 7.77. The molecule has 1 aromatic carbocycles. The van der Waals surface area contributed by atoms with E-state index >= 15 is 0 Å². The highest BCUT2D eigenvalue weighted by Gasteiger charge is 2.23. The summed E-state index contributed by atoms with van der Waals surface area (Å²) in [6.45, 7) is 9.08. The molecule has 1 N–H and O–H groups in total. The Morgan fingerprint density at radius 2 is 2.15 bits per heavy atom. The van der Waals surface area contributed by atoms with E-state index in [2.05, 4.69) is 44.3 Å². The lowest BCUT2D eigenvalue weighted by Crippen LogP contribution is -2.24. The van der Waals surface area contributed by atoms with Gasteiger partial charge in [-0.05, 0) is 45.2 Å². The van der Waals surface area contributed by atoms with Gasteiger partial charge >= 0.3 is 0 Å². The maximum atomic E-state index is 5.97. The molecule has 2 unspecified atom stereocenters. The van der Waals surface area contributed by atoms with Crippen LogP contribution in [0.2, 0.25) is 0 Å². The van der Waals surface area contributed by atoms with Crippen LogP contribution in [0.15, 0.2) is 24.3 Å². The first-order valence-corrected chi connectivity index (χ1v) is 7.77. The number of ether oxygens (including phenoxy) is 2. The predicted octanol–water partition coefficient (Wildman–Crippen LogP) is 3.55. The van der Waals surface area contributed by atoms with Crippen molar-refractivity contribution in [3.05, 3.63) is 29.8 Å². The van der Waals surface area contributed by atoms with Gasteiger partial charge in [0, 0.05) is 24.8 Å². The van der Waals surface area contributed by atoms with Gasteiger partial charge in [-0.3, -0.25) is 0 Å². The molecule has 112 valence electrons. The molecular weight excluding hydrogens is 250 g/mol. The largest absolute Gasteiger partial charge is 0.491 e. The highest BCUT2D eigenvalue weighted by molar-refractivity contribution is 5.36. The molecule has 20 heavy (non-hydrogen) atoms. The Balaban J connectivity index is 2.14. The molecule has 1 heterocycles. The summed E-state index contributed by atoms with van der Waals surface area (Å²) in [5.74, 6) is 1.67. The molecule has 0 saturated carbocycles. The van der Waals surface area contributed by atoms with Gasteiger partial charge in [-0.1, -0.05) is 25.1 Å². The minimum absolute atomic E-state index is 0.202. The van der Waals surface area contributed by atoms with Crippen LogP contribution in [-0.2, 0) is 4.74 Å². The molecule has 0 bridgehead atoms. The van der Waals surface area contributed by atoms with E-state index in [1.807, 2.05) is 6.07 Å². The number of para-hydroxylation sites is 1.